The van der Waals surface area contributed by atoms with E-state index in [1.807, 2.05) is 12.1 Å². The summed E-state index contributed by atoms with van der Waals surface area (Å²) in [5, 5.41) is 0. The third-order valence-corrected chi connectivity index (χ3v) is 8.23. The normalized spacial score (nSPS) is 12.6. The lowest BCUT2D eigenvalue weighted by atomic mass is 9.70. The van der Waals surface area contributed by atoms with E-state index in [1.165, 1.54) is 22.3 Å². The van der Waals surface area contributed by atoms with Crippen LogP contribution in [0.3, 0.4) is 0 Å². The van der Waals surface area contributed by atoms with E-state index in [-0.39, 0.29) is 17.4 Å². The maximum Gasteiger partial charge on any atom is 0.333 e. The van der Waals surface area contributed by atoms with Crippen LogP contribution in [0.15, 0.2) is 121 Å². The first-order chi connectivity index (χ1) is 20.8. The van der Waals surface area contributed by atoms with Gasteiger partial charge < -0.3 is 9.47 Å². The van der Waals surface area contributed by atoms with Gasteiger partial charge in [0.25, 0.3) is 0 Å². The molecule has 0 amide bonds. The molecule has 43 heavy (non-hydrogen) atoms. The monoisotopic (exact) mass is 570 g/mol. The van der Waals surface area contributed by atoms with E-state index in [2.05, 4.69) is 98.1 Å². The lowest BCUT2D eigenvalue weighted by molar-refractivity contribution is -0.139. The van der Waals surface area contributed by atoms with Gasteiger partial charge in [-0.2, -0.15) is 0 Å². The Morgan fingerprint density at radius 2 is 0.977 bits per heavy atom. The van der Waals surface area contributed by atoms with Crippen molar-refractivity contribution in [1.82, 2.24) is 0 Å². The van der Waals surface area contributed by atoms with Gasteiger partial charge in [0, 0.05) is 16.6 Å². The van der Waals surface area contributed by atoms with E-state index < -0.39 is 0 Å². The summed E-state index contributed by atoms with van der Waals surface area (Å²) in [6.45, 7) is 11.4. The molecule has 1 aliphatic carbocycles. The van der Waals surface area contributed by atoms with Crippen LogP contribution in [0.1, 0.15) is 50.7 Å². The summed E-state index contributed by atoms with van der Waals surface area (Å²) in [5.41, 5.74) is 9.99. The molecule has 0 saturated heterocycles. The number of esters is 2. The van der Waals surface area contributed by atoms with E-state index >= 15 is 0 Å². The number of carbonyl (C=O) groups excluding carboxylic acids is 2. The molecule has 0 radical (unpaired) electrons. The molecule has 4 heteroatoms. The molecule has 0 unspecified atom stereocenters. The largest absolute Gasteiger partial charge is 0.462 e. The molecule has 1 aliphatic rings. The summed E-state index contributed by atoms with van der Waals surface area (Å²) in [5.74, 6) is -0.739. The third-order valence-electron chi connectivity index (χ3n) is 8.23. The van der Waals surface area contributed by atoms with E-state index in [0.29, 0.717) is 37.2 Å². The first-order valence-electron chi connectivity index (χ1n) is 14.9. The van der Waals surface area contributed by atoms with Crippen LogP contribution in [-0.4, -0.2) is 25.2 Å². The van der Waals surface area contributed by atoms with Gasteiger partial charge in [0.1, 0.15) is 0 Å². The molecule has 0 spiro atoms. The Morgan fingerprint density at radius 1 is 0.581 bits per heavy atom. The number of hydrogen-bond acceptors (Lipinski definition) is 4. The van der Waals surface area contributed by atoms with Crippen LogP contribution in [0, 0.1) is 0 Å². The first kappa shape index (κ1) is 29.8. The van der Waals surface area contributed by atoms with Crippen LogP contribution in [-0.2, 0) is 24.5 Å². The summed E-state index contributed by atoms with van der Waals surface area (Å²) in [7, 11) is 0. The second-order valence-electron chi connectivity index (χ2n) is 11.4. The average Bonchev–Trinajstić information content (AvgIpc) is 3.30. The number of rotatable bonds is 12. The number of ether oxygens (including phenoxy) is 2. The molecule has 0 aliphatic heterocycles. The van der Waals surface area contributed by atoms with Gasteiger partial charge in [-0.05, 0) is 96.2 Å². The van der Waals surface area contributed by atoms with Crippen molar-refractivity contribution in [2.45, 2.75) is 44.9 Å². The highest BCUT2D eigenvalue weighted by atomic mass is 16.5. The fourth-order valence-electron chi connectivity index (χ4n) is 6.10. The Balaban J connectivity index is 1.59. The SMILES string of the molecule is C=C(C)C(=O)OCCCC1(CCCOC(=O)C(=C)C)c2cc(-c3ccccc3)ccc2-c2ccc(-c3ccccc3)cc21. The zero-order valence-electron chi connectivity index (χ0n) is 25.0. The predicted molar refractivity (Wildman–Crippen MR) is 174 cm³/mol. The molecule has 0 bridgehead atoms. The molecule has 0 N–H and O–H groups in total. The van der Waals surface area contributed by atoms with Crippen molar-refractivity contribution in [3.63, 3.8) is 0 Å². The van der Waals surface area contributed by atoms with Crippen molar-refractivity contribution in [3.05, 3.63) is 132 Å². The lowest BCUT2D eigenvalue weighted by Gasteiger charge is -2.33. The number of carbonyl (C=O) groups is 2. The molecular weight excluding hydrogens is 532 g/mol. The maximum atomic E-state index is 12.2. The van der Waals surface area contributed by atoms with Gasteiger partial charge in [0.15, 0.2) is 0 Å². The minimum Gasteiger partial charge on any atom is -0.462 e. The molecule has 0 atom stereocenters. The van der Waals surface area contributed by atoms with Crippen LogP contribution in [0.5, 0.6) is 0 Å². The second kappa shape index (κ2) is 13.1. The van der Waals surface area contributed by atoms with Crippen LogP contribution in [0.2, 0.25) is 0 Å². The summed E-state index contributed by atoms with van der Waals surface area (Å²) in [6, 6.07) is 34.3. The fourth-order valence-corrected chi connectivity index (χ4v) is 6.10. The molecule has 0 fully saturated rings. The molecule has 4 nitrogen and oxygen atoms in total. The van der Waals surface area contributed by atoms with Crippen LogP contribution in [0.4, 0.5) is 0 Å². The van der Waals surface area contributed by atoms with Crippen LogP contribution < -0.4 is 0 Å². The molecular formula is C39H38O4. The molecule has 4 aromatic carbocycles. The van der Waals surface area contributed by atoms with Crippen molar-refractivity contribution >= 4 is 11.9 Å². The van der Waals surface area contributed by atoms with Gasteiger partial charge in [0.2, 0.25) is 0 Å². The quantitative estimate of drug-likeness (QED) is 0.0968. The standard InChI is InChI=1S/C39H38O4/c1-27(2)37(40)42-23-11-21-39(22-12-24-43-38(41)28(3)4)35-25-31(29-13-7-5-8-14-29)17-19-33(35)34-20-18-32(26-36(34)39)30-15-9-6-10-16-30/h5-10,13-20,25-26H,1,3,11-12,21-24H2,2,4H3. The molecule has 218 valence electrons. The smallest absolute Gasteiger partial charge is 0.333 e. The second-order valence-corrected chi connectivity index (χ2v) is 11.4. The van der Waals surface area contributed by atoms with Gasteiger partial charge in [-0.15, -0.1) is 0 Å². The van der Waals surface area contributed by atoms with Gasteiger partial charge >= 0.3 is 11.9 Å². The van der Waals surface area contributed by atoms with Gasteiger partial charge in [-0.25, -0.2) is 9.59 Å². The Hall–Kier alpha value is -4.70. The molecule has 0 heterocycles. The minimum absolute atomic E-state index is 0.305. The van der Waals surface area contributed by atoms with Crippen LogP contribution in [0.25, 0.3) is 33.4 Å². The van der Waals surface area contributed by atoms with E-state index in [1.54, 1.807) is 13.8 Å². The summed E-state index contributed by atoms with van der Waals surface area (Å²) < 4.78 is 11.1. The van der Waals surface area contributed by atoms with Crippen molar-refractivity contribution in [3.8, 4) is 33.4 Å². The fraction of sp³-hybridized carbons (Fsp3) is 0.231. The topological polar surface area (TPSA) is 52.6 Å². The van der Waals surface area contributed by atoms with Crippen molar-refractivity contribution in [2.75, 3.05) is 13.2 Å². The van der Waals surface area contributed by atoms with Crippen molar-refractivity contribution in [1.29, 1.82) is 0 Å². The van der Waals surface area contributed by atoms with E-state index in [9.17, 15) is 9.59 Å². The molecule has 4 aromatic rings. The number of benzene rings is 4. The van der Waals surface area contributed by atoms with Crippen molar-refractivity contribution < 1.29 is 19.1 Å². The highest BCUT2D eigenvalue weighted by Crippen LogP contribution is 2.55. The summed E-state index contributed by atoms with van der Waals surface area (Å²) in [4.78, 5) is 24.3. The maximum absolute atomic E-state index is 12.2. The number of fused-ring (bicyclic) bond motifs is 3. The Morgan fingerprint density at radius 3 is 1.35 bits per heavy atom. The first-order valence-corrected chi connectivity index (χ1v) is 14.9. The van der Waals surface area contributed by atoms with E-state index in [0.717, 1.165) is 35.1 Å². The van der Waals surface area contributed by atoms with Gasteiger partial charge in [0.05, 0.1) is 13.2 Å². The van der Waals surface area contributed by atoms with Crippen molar-refractivity contribution in [2.24, 2.45) is 0 Å². The summed E-state index contributed by atoms with van der Waals surface area (Å²) >= 11 is 0. The third kappa shape index (κ3) is 6.39. The minimum atomic E-state index is -0.370. The molecule has 0 saturated carbocycles. The molecule has 5 rings (SSSR count). The number of hydrogen-bond donors (Lipinski definition) is 0. The Bertz CT molecular complexity index is 1520. The average molecular weight is 571 g/mol. The zero-order chi connectivity index (χ0) is 30.4. The van der Waals surface area contributed by atoms with Gasteiger partial charge in [-0.3, -0.25) is 0 Å². The molecule has 0 aromatic heterocycles. The Kier molecular flexibility index (Phi) is 9.06. The highest BCUT2D eigenvalue weighted by molar-refractivity contribution is 5.88. The Labute approximate surface area is 254 Å². The van der Waals surface area contributed by atoms with E-state index in [4.69, 9.17) is 9.47 Å². The van der Waals surface area contributed by atoms with Crippen LogP contribution >= 0.6 is 0 Å². The lowest BCUT2D eigenvalue weighted by Crippen LogP contribution is -2.27. The highest BCUT2D eigenvalue weighted by Gasteiger charge is 2.43. The van der Waals surface area contributed by atoms with Gasteiger partial charge in [-0.1, -0.05) is 98.1 Å². The predicted octanol–water partition coefficient (Wildman–Crippen LogP) is 9.09. The zero-order valence-corrected chi connectivity index (χ0v) is 25.0. The summed E-state index contributed by atoms with van der Waals surface area (Å²) in [6.07, 6.45) is 2.88.